The number of hydrogen-bond acceptors (Lipinski definition) is 2. The summed E-state index contributed by atoms with van der Waals surface area (Å²) in [6.45, 7) is 4.64. The second-order valence-corrected chi connectivity index (χ2v) is 4.16. The zero-order chi connectivity index (χ0) is 10.3. The van der Waals surface area contributed by atoms with Crippen LogP contribution in [-0.2, 0) is 5.41 Å². The van der Waals surface area contributed by atoms with Crippen LogP contribution < -0.4 is 4.74 Å². The summed E-state index contributed by atoms with van der Waals surface area (Å²) in [6.07, 6.45) is 0. The van der Waals surface area contributed by atoms with Gasteiger partial charge in [0, 0.05) is 11.0 Å². The lowest BCUT2D eigenvalue weighted by Gasteiger charge is -2.14. The van der Waals surface area contributed by atoms with Gasteiger partial charge in [-0.05, 0) is 6.07 Å². The number of carboxylic acid groups (broad SMARTS) is 1. The topological polar surface area (TPSA) is 46.5 Å². The Morgan fingerprint density at radius 2 is 2.21 bits per heavy atom. The summed E-state index contributed by atoms with van der Waals surface area (Å²) in [5.74, 6) is -0.399. The van der Waals surface area contributed by atoms with Crippen molar-refractivity contribution in [2.45, 2.75) is 19.3 Å². The third kappa shape index (κ3) is 1.16. The average Bonchev–Trinajstić information content (AvgIpc) is 2.42. The number of aromatic carboxylic acids is 1. The fraction of sp³-hybridized carbons (Fsp3) is 0.364. The van der Waals surface area contributed by atoms with Crippen LogP contribution in [0.4, 0.5) is 0 Å². The number of hydrogen-bond donors (Lipinski definition) is 1. The molecule has 0 radical (unpaired) electrons. The van der Waals surface area contributed by atoms with E-state index in [4.69, 9.17) is 9.84 Å². The van der Waals surface area contributed by atoms with Crippen molar-refractivity contribution in [3.05, 3.63) is 29.3 Å². The molecule has 2 rings (SSSR count). The van der Waals surface area contributed by atoms with Gasteiger partial charge in [-0.25, -0.2) is 4.79 Å². The molecule has 0 bridgehead atoms. The van der Waals surface area contributed by atoms with Gasteiger partial charge in [0.2, 0.25) is 0 Å². The van der Waals surface area contributed by atoms with Crippen LogP contribution in [0.5, 0.6) is 5.75 Å². The second-order valence-electron chi connectivity index (χ2n) is 4.16. The van der Waals surface area contributed by atoms with E-state index in [2.05, 4.69) is 0 Å². The van der Waals surface area contributed by atoms with Crippen molar-refractivity contribution in [2.75, 3.05) is 6.61 Å². The van der Waals surface area contributed by atoms with Gasteiger partial charge in [-0.2, -0.15) is 0 Å². The fourth-order valence-corrected chi connectivity index (χ4v) is 1.72. The second kappa shape index (κ2) is 2.74. The third-order valence-electron chi connectivity index (χ3n) is 2.55. The van der Waals surface area contributed by atoms with Crippen LogP contribution in [0.2, 0.25) is 0 Å². The molecule has 0 amide bonds. The Morgan fingerprint density at radius 3 is 2.86 bits per heavy atom. The zero-order valence-electron chi connectivity index (χ0n) is 8.20. The minimum atomic E-state index is -0.931. The number of para-hydroxylation sites is 1. The first-order valence-corrected chi connectivity index (χ1v) is 4.52. The molecule has 1 aromatic rings. The van der Waals surface area contributed by atoms with E-state index in [-0.39, 0.29) is 11.0 Å². The Balaban J connectivity index is 2.61. The van der Waals surface area contributed by atoms with Crippen LogP contribution in [-0.4, -0.2) is 17.7 Å². The quantitative estimate of drug-likeness (QED) is 0.740. The van der Waals surface area contributed by atoms with Gasteiger partial charge in [-0.3, -0.25) is 0 Å². The minimum absolute atomic E-state index is 0.0825. The Bertz CT molecular complexity index is 394. The maximum atomic E-state index is 10.9. The van der Waals surface area contributed by atoms with E-state index in [1.807, 2.05) is 19.9 Å². The van der Waals surface area contributed by atoms with Crippen molar-refractivity contribution in [1.29, 1.82) is 0 Å². The lowest BCUT2D eigenvalue weighted by Crippen LogP contribution is -2.18. The molecule has 0 aliphatic carbocycles. The van der Waals surface area contributed by atoms with Gasteiger partial charge >= 0.3 is 5.97 Å². The highest BCUT2D eigenvalue weighted by atomic mass is 16.5. The molecule has 1 aliphatic heterocycles. The highest BCUT2D eigenvalue weighted by molar-refractivity contribution is 5.91. The summed E-state index contributed by atoms with van der Waals surface area (Å²) in [4.78, 5) is 10.9. The van der Waals surface area contributed by atoms with Crippen molar-refractivity contribution in [3.63, 3.8) is 0 Å². The van der Waals surface area contributed by atoms with Gasteiger partial charge in [0.15, 0.2) is 0 Å². The molecule has 0 saturated heterocycles. The molecule has 0 unspecified atom stereocenters. The van der Waals surface area contributed by atoms with Gasteiger partial charge in [0.25, 0.3) is 0 Å². The number of carbonyl (C=O) groups is 1. The van der Waals surface area contributed by atoms with Crippen LogP contribution in [0.1, 0.15) is 29.8 Å². The Morgan fingerprint density at radius 1 is 1.50 bits per heavy atom. The molecule has 1 N–H and O–H groups in total. The van der Waals surface area contributed by atoms with Gasteiger partial charge < -0.3 is 9.84 Å². The standard InChI is InChI=1S/C11H12O3/c1-11(2)6-14-9-7(10(12)13)4-3-5-8(9)11/h3-5H,6H2,1-2H3,(H,12,13). The Hall–Kier alpha value is -1.51. The van der Waals surface area contributed by atoms with Crippen LogP contribution in [0.3, 0.4) is 0 Å². The molecule has 1 aromatic carbocycles. The minimum Gasteiger partial charge on any atom is -0.491 e. The smallest absolute Gasteiger partial charge is 0.339 e. The molecule has 0 spiro atoms. The van der Waals surface area contributed by atoms with Crippen LogP contribution in [0.15, 0.2) is 18.2 Å². The van der Waals surface area contributed by atoms with E-state index in [0.29, 0.717) is 12.4 Å². The maximum Gasteiger partial charge on any atom is 0.339 e. The summed E-state index contributed by atoms with van der Waals surface area (Å²) in [5.41, 5.74) is 1.16. The van der Waals surface area contributed by atoms with E-state index in [0.717, 1.165) is 5.56 Å². The summed E-state index contributed by atoms with van der Waals surface area (Å²) >= 11 is 0. The average molecular weight is 192 g/mol. The Labute approximate surface area is 82.3 Å². The molecule has 3 heteroatoms. The fourth-order valence-electron chi connectivity index (χ4n) is 1.72. The largest absolute Gasteiger partial charge is 0.491 e. The van der Waals surface area contributed by atoms with Gasteiger partial charge in [-0.15, -0.1) is 0 Å². The predicted molar refractivity (Wildman–Crippen MR) is 51.9 cm³/mol. The predicted octanol–water partition coefficient (Wildman–Crippen LogP) is 2.05. The molecule has 74 valence electrons. The SMILES string of the molecule is CC1(C)COc2c(C(=O)O)cccc21. The molecule has 0 fully saturated rings. The van der Waals surface area contributed by atoms with Crippen molar-refractivity contribution < 1.29 is 14.6 Å². The molecule has 0 aromatic heterocycles. The number of benzene rings is 1. The van der Waals surface area contributed by atoms with Crippen LogP contribution in [0, 0.1) is 0 Å². The van der Waals surface area contributed by atoms with Crippen molar-refractivity contribution in [2.24, 2.45) is 0 Å². The number of rotatable bonds is 1. The molecule has 14 heavy (non-hydrogen) atoms. The van der Waals surface area contributed by atoms with E-state index < -0.39 is 5.97 Å². The third-order valence-corrected chi connectivity index (χ3v) is 2.55. The molecule has 3 nitrogen and oxygen atoms in total. The summed E-state index contributed by atoms with van der Waals surface area (Å²) in [5, 5.41) is 8.94. The highest BCUT2D eigenvalue weighted by Gasteiger charge is 2.34. The van der Waals surface area contributed by atoms with E-state index in [1.165, 1.54) is 0 Å². The molecule has 1 heterocycles. The van der Waals surface area contributed by atoms with Crippen molar-refractivity contribution in [1.82, 2.24) is 0 Å². The number of ether oxygens (including phenoxy) is 1. The lowest BCUT2D eigenvalue weighted by molar-refractivity contribution is 0.0693. The monoisotopic (exact) mass is 192 g/mol. The highest BCUT2D eigenvalue weighted by Crippen LogP contribution is 2.40. The van der Waals surface area contributed by atoms with Gasteiger partial charge in [0.05, 0.1) is 6.61 Å². The first-order valence-electron chi connectivity index (χ1n) is 4.52. The molecule has 0 saturated carbocycles. The Kier molecular flexibility index (Phi) is 1.77. The van der Waals surface area contributed by atoms with Crippen LogP contribution >= 0.6 is 0 Å². The lowest BCUT2D eigenvalue weighted by atomic mass is 9.86. The zero-order valence-corrected chi connectivity index (χ0v) is 8.20. The summed E-state index contributed by atoms with van der Waals surface area (Å²) in [6, 6.07) is 5.26. The van der Waals surface area contributed by atoms with E-state index >= 15 is 0 Å². The first-order chi connectivity index (χ1) is 6.52. The van der Waals surface area contributed by atoms with E-state index in [9.17, 15) is 4.79 Å². The number of fused-ring (bicyclic) bond motifs is 1. The van der Waals surface area contributed by atoms with Crippen molar-refractivity contribution >= 4 is 5.97 Å². The summed E-state index contributed by atoms with van der Waals surface area (Å²) < 4.78 is 5.43. The van der Waals surface area contributed by atoms with Gasteiger partial charge in [0.1, 0.15) is 11.3 Å². The normalized spacial score (nSPS) is 17.3. The van der Waals surface area contributed by atoms with Crippen LogP contribution in [0.25, 0.3) is 0 Å². The van der Waals surface area contributed by atoms with Crippen molar-refractivity contribution in [3.8, 4) is 5.75 Å². The first kappa shape index (κ1) is 9.06. The molecule has 0 atom stereocenters. The van der Waals surface area contributed by atoms with E-state index in [1.54, 1.807) is 12.1 Å². The molecular weight excluding hydrogens is 180 g/mol. The van der Waals surface area contributed by atoms with Gasteiger partial charge in [-0.1, -0.05) is 26.0 Å². The number of carboxylic acids is 1. The molecular formula is C11H12O3. The summed E-state index contributed by atoms with van der Waals surface area (Å²) in [7, 11) is 0. The molecule has 1 aliphatic rings. The maximum absolute atomic E-state index is 10.9.